The Morgan fingerprint density at radius 1 is 1.15 bits per heavy atom. The van der Waals surface area contributed by atoms with Crippen LogP contribution in [-0.4, -0.2) is 23.1 Å². The van der Waals surface area contributed by atoms with E-state index in [1.54, 1.807) is 37.4 Å². The average molecular weight is 267 g/mol. The summed E-state index contributed by atoms with van der Waals surface area (Å²) in [4.78, 5) is 16.0. The van der Waals surface area contributed by atoms with Gasteiger partial charge in [-0.15, -0.1) is 0 Å². The fourth-order valence-electron chi connectivity index (χ4n) is 1.88. The van der Waals surface area contributed by atoms with Crippen molar-refractivity contribution in [3.8, 4) is 5.75 Å². The Morgan fingerprint density at radius 3 is 2.40 bits per heavy atom. The molecule has 0 unspecified atom stereocenters. The third-order valence-electron chi connectivity index (χ3n) is 3.04. The summed E-state index contributed by atoms with van der Waals surface area (Å²) in [5.74, 6) is 0.262. The number of hydrogen-bond donors (Lipinski definition) is 1. The fourth-order valence-corrected chi connectivity index (χ4v) is 1.88. The molecule has 1 N–H and O–H groups in total. The lowest BCUT2D eigenvalue weighted by atomic mass is 10.0. The topological polar surface area (TPSA) is 49.7 Å². The molecule has 0 aliphatic rings. The highest BCUT2D eigenvalue weighted by atomic mass is 16.3. The molecule has 1 atom stereocenters. The molecule has 2 aromatic rings. The molecule has 3 heteroatoms. The second kappa shape index (κ2) is 6.66. The third-order valence-corrected chi connectivity index (χ3v) is 3.04. The highest BCUT2D eigenvalue weighted by Crippen LogP contribution is 2.10. The van der Waals surface area contributed by atoms with Gasteiger partial charge in [0.15, 0.2) is 5.78 Å². The van der Waals surface area contributed by atoms with Crippen molar-refractivity contribution in [3.05, 3.63) is 65.7 Å². The van der Waals surface area contributed by atoms with Crippen LogP contribution in [0.5, 0.6) is 5.75 Å². The van der Waals surface area contributed by atoms with Gasteiger partial charge >= 0.3 is 0 Å². The molecular formula is C17H17NO2. The van der Waals surface area contributed by atoms with E-state index >= 15 is 0 Å². The van der Waals surface area contributed by atoms with Gasteiger partial charge in [0.25, 0.3) is 0 Å². The number of aliphatic imine (C=N–C) groups is 1. The van der Waals surface area contributed by atoms with Gasteiger partial charge < -0.3 is 5.11 Å². The van der Waals surface area contributed by atoms with Crippen LogP contribution in [0.3, 0.4) is 0 Å². The average Bonchev–Trinajstić information content (AvgIpc) is 2.46. The summed E-state index contributed by atoms with van der Waals surface area (Å²) in [5.41, 5.74) is 1.96. The lowest BCUT2D eigenvalue weighted by Gasteiger charge is -2.08. The number of phenolic OH excluding ortho intramolecular Hbond substituents is 1. The molecular weight excluding hydrogens is 250 g/mol. The number of aromatic hydroxyl groups is 1. The zero-order chi connectivity index (χ0) is 14.4. The minimum Gasteiger partial charge on any atom is -0.508 e. The number of nitrogens with zero attached hydrogens (tertiary/aromatic N) is 1. The standard InChI is InChI=1S/C17H17NO2/c1-13(19)17(11-14-5-3-2-4-6-14)18-12-15-7-9-16(20)10-8-15/h2-10,12,17,20H,11H2,1H3/t17-/m1/s1. The molecule has 0 fully saturated rings. The zero-order valence-corrected chi connectivity index (χ0v) is 11.4. The third kappa shape index (κ3) is 4.05. The molecule has 2 rings (SSSR count). The first-order valence-corrected chi connectivity index (χ1v) is 6.52. The molecule has 20 heavy (non-hydrogen) atoms. The summed E-state index contributed by atoms with van der Waals surface area (Å²) < 4.78 is 0. The van der Waals surface area contributed by atoms with Gasteiger partial charge in [-0.05, 0) is 42.3 Å². The first-order valence-electron chi connectivity index (χ1n) is 6.52. The second-order valence-electron chi connectivity index (χ2n) is 4.69. The zero-order valence-electron chi connectivity index (χ0n) is 11.4. The maximum absolute atomic E-state index is 11.7. The largest absolute Gasteiger partial charge is 0.508 e. The van der Waals surface area contributed by atoms with Crippen molar-refractivity contribution in [1.82, 2.24) is 0 Å². The van der Waals surface area contributed by atoms with Gasteiger partial charge in [0.2, 0.25) is 0 Å². The molecule has 0 aliphatic carbocycles. The van der Waals surface area contributed by atoms with Crippen molar-refractivity contribution in [3.63, 3.8) is 0 Å². The van der Waals surface area contributed by atoms with Crippen molar-refractivity contribution < 1.29 is 9.90 Å². The van der Waals surface area contributed by atoms with Crippen LogP contribution < -0.4 is 0 Å². The Kier molecular flexibility index (Phi) is 4.66. The second-order valence-corrected chi connectivity index (χ2v) is 4.69. The van der Waals surface area contributed by atoms with Crippen LogP contribution in [0.4, 0.5) is 0 Å². The normalized spacial score (nSPS) is 12.4. The summed E-state index contributed by atoms with van der Waals surface area (Å²) in [6.45, 7) is 1.56. The highest BCUT2D eigenvalue weighted by molar-refractivity contribution is 5.86. The summed E-state index contributed by atoms with van der Waals surface area (Å²) in [7, 11) is 0. The number of phenols is 1. The Balaban J connectivity index is 2.09. The lowest BCUT2D eigenvalue weighted by Crippen LogP contribution is -2.18. The molecule has 0 saturated heterocycles. The molecule has 102 valence electrons. The van der Waals surface area contributed by atoms with Crippen LogP contribution in [0.2, 0.25) is 0 Å². The van der Waals surface area contributed by atoms with E-state index < -0.39 is 0 Å². The van der Waals surface area contributed by atoms with Gasteiger partial charge in [0, 0.05) is 12.6 Å². The summed E-state index contributed by atoms with van der Waals surface area (Å²) >= 11 is 0. The minimum atomic E-state index is -0.369. The van der Waals surface area contributed by atoms with Crippen molar-refractivity contribution in [2.75, 3.05) is 0 Å². The van der Waals surface area contributed by atoms with Crippen LogP contribution in [0.15, 0.2) is 59.6 Å². The fraction of sp³-hybridized carbons (Fsp3) is 0.176. The molecule has 0 radical (unpaired) electrons. The van der Waals surface area contributed by atoms with Crippen LogP contribution in [0.1, 0.15) is 18.1 Å². The first kappa shape index (κ1) is 14.0. The number of benzene rings is 2. The Hall–Kier alpha value is -2.42. The molecule has 3 nitrogen and oxygen atoms in total. The smallest absolute Gasteiger partial charge is 0.154 e. The van der Waals surface area contributed by atoms with E-state index in [0.29, 0.717) is 6.42 Å². The van der Waals surface area contributed by atoms with E-state index in [1.807, 2.05) is 30.3 Å². The Bertz CT molecular complexity index is 588. The molecule has 0 aliphatic heterocycles. The Morgan fingerprint density at radius 2 is 1.80 bits per heavy atom. The van der Waals surface area contributed by atoms with E-state index in [-0.39, 0.29) is 17.6 Å². The van der Waals surface area contributed by atoms with Gasteiger partial charge in [0.05, 0.1) is 0 Å². The Labute approximate surface area is 118 Å². The molecule has 0 spiro atoms. The summed E-state index contributed by atoms with van der Waals surface area (Å²) in [6.07, 6.45) is 2.28. The number of carbonyl (C=O) groups is 1. The molecule has 0 bridgehead atoms. The van der Waals surface area contributed by atoms with Crippen molar-refractivity contribution in [2.45, 2.75) is 19.4 Å². The van der Waals surface area contributed by atoms with Crippen LogP contribution in [-0.2, 0) is 11.2 Å². The summed E-state index contributed by atoms with van der Waals surface area (Å²) in [6, 6.07) is 16.2. The van der Waals surface area contributed by atoms with E-state index in [9.17, 15) is 9.90 Å². The maximum Gasteiger partial charge on any atom is 0.154 e. The molecule has 0 amide bonds. The quantitative estimate of drug-likeness (QED) is 0.847. The van der Waals surface area contributed by atoms with Crippen LogP contribution in [0.25, 0.3) is 0 Å². The van der Waals surface area contributed by atoms with Crippen LogP contribution in [0, 0.1) is 0 Å². The number of carbonyl (C=O) groups excluding carboxylic acids is 1. The molecule has 2 aromatic carbocycles. The summed E-state index contributed by atoms with van der Waals surface area (Å²) in [5, 5.41) is 9.22. The van der Waals surface area contributed by atoms with Gasteiger partial charge in [-0.1, -0.05) is 30.3 Å². The minimum absolute atomic E-state index is 0.0453. The number of ketones is 1. The van der Waals surface area contributed by atoms with Gasteiger partial charge in [-0.25, -0.2) is 0 Å². The molecule has 0 saturated carbocycles. The maximum atomic E-state index is 11.7. The number of hydrogen-bond acceptors (Lipinski definition) is 3. The van der Waals surface area contributed by atoms with Crippen molar-refractivity contribution in [1.29, 1.82) is 0 Å². The van der Waals surface area contributed by atoms with Crippen LogP contribution >= 0.6 is 0 Å². The van der Waals surface area contributed by atoms with E-state index in [4.69, 9.17) is 0 Å². The predicted molar refractivity (Wildman–Crippen MR) is 80.3 cm³/mol. The molecule has 0 aromatic heterocycles. The highest BCUT2D eigenvalue weighted by Gasteiger charge is 2.12. The van der Waals surface area contributed by atoms with Gasteiger partial charge in [0.1, 0.15) is 11.8 Å². The predicted octanol–water partition coefficient (Wildman–Crippen LogP) is 3.01. The lowest BCUT2D eigenvalue weighted by molar-refractivity contribution is -0.118. The van der Waals surface area contributed by atoms with E-state index in [0.717, 1.165) is 11.1 Å². The van der Waals surface area contributed by atoms with Gasteiger partial charge in [-0.3, -0.25) is 9.79 Å². The SMILES string of the molecule is CC(=O)[C@@H](Cc1ccccc1)N=Cc1ccc(O)cc1. The monoisotopic (exact) mass is 267 g/mol. The first-order chi connectivity index (χ1) is 9.65. The molecule has 0 heterocycles. The van der Waals surface area contributed by atoms with Gasteiger partial charge in [-0.2, -0.15) is 0 Å². The van der Waals surface area contributed by atoms with Crippen molar-refractivity contribution in [2.24, 2.45) is 4.99 Å². The van der Waals surface area contributed by atoms with E-state index in [1.165, 1.54) is 0 Å². The van der Waals surface area contributed by atoms with Crippen molar-refractivity contribution >= 4 is 12.0 Å². The number of Topliss-reactive ketones (excluding diaryl/α,β-unsaturated/α-hetero) is 1. The van der Waals surface area contributed by atoms with E-state index in [2.05, 4.69) is 4.99 Å². The number of rotatable bonds is 5.